The molecule has 0 saturated heterocycles. The Morgan fingerprint density at radius 1 is 1.15 bits per heavy atom. The van der Waals surface area contributed by atoms with E-state index in [-0.39, 0.29) is 12.5 Å². The first-order valence-electron chi connectivity index (χ1n) is 8.61. The molecule has 136 valence electrons. The Hall–Kier alpha value is -2.79. The first-order valence-corrected chi connectivity index (χ1v) is 8.61. The number of furan rings is 1. The lowest BCUT2D eigenvalue weighted by Gasteiger charge is -2.14. The van der Waals surface area contributed by atoms with Crippen molar-refractivity contribution in [3.8, 4) is 5.75 Å². The molecule has 1 unspecified atom stereocenters. The fourth-order valence-electron chi connectivity index (χ4n) is 2.85. The van der Waals surface area contributed by atoms with E-state index in [1.54, 1.807) is 31.6 Å². The number of rotatable bonds is 6. The van der Waals surface area contributed by atoms with Crippen LogP contribution >= 0.6 is 0 Å². The highest BCUT2D eigenvalue weighted by Crippen LogP contribution is 2.28. The van der Waals surface area contributed by atoms with Crippen LogP contribution in [0.3, 0.4) is 0 Å². The Balaban J connectivity index is 1.68. The summed E-state index contributed by atoms with van der Waals surface area (Å²) in [6.45, 7) is 4.37. The number of hydrogen-bond acceptors (Lipinski definition) is 4. The van der Waals surface area contributed by atoms with Gasteiger partial charge in [-0.2, -0.15) is 0 Å². The maximum absolute atomic E-state index is 12.4. The molecule has 1 atom stereocenters. The minimum atomic E-state index is -0.769. The molecule has 26 heavy (non-hydrogen) atoms. The second-order valence-electron chi connectivity index (χ2n) is 6.56. The van der Waals surface area contributed by atoms with Crippen LogP contribution in [-0.2, 0) is 0 Å². The predicted molar refractivity (Wildman–Crippen MR) is 101 cm³/mol. The van der Waals surface area contributed by atoms with Crippen molar-refractivity contribution in [1.29, 1.82) is 0 Å². The summed E-state index contributed by atoms with van der Waals surface area (Å²) < 4.78 is 10.7. The third-order valence-electron chi connectivity index (χ3n) is 4.46. The average Bonchev–Trinajstić information content (AvgIpc) is 3.13. The van der Waals surface area contributed by atoms with Crippen LogP contribution in [0.25, 0.3) is 11.0 Å². The number of benzene rings is 2. The van der Waals surface area contributed by atoms with Gasteiger partial charge in [0.1, 0.15) is 11.3 Å². The van der Waals surface area contributed by atoms with E-state index >= 15 is 0 Å². The molecule has 2 aromatic carbocycles. The SMILES string of the molecule is COc1cc(C(=O)NCC(O)c2ccc(C(C)C)cc2)cc2occc12. The molecule has 0 spiro atoms. The van der Waals surface area contributed by atoms with E-state index < -0.39 is 6.10 Å². The number of methoxy groups -OCH3 is 1. The standard InChI is InChI=1S/C21H23NO4/c1-13(2)14-4-6-15(7-5-14)18(23)12-22-21(24)16-10-19(25-3)17-8-9-26-20(17)11-16/h4-11,13,18,23H,12H2,1-3H3,(H,22,24). The summed E-state index contributed by atoms with van der Waals surface area (Å²) in [5.74, 6) is 0.720. The molecule has 0 aliphatic carbocycles. The van der Waals surface area contributed by atoms with Gasteiger partial charge in [-0.05, 0) is 35.2 Å². The van der Waals surface area contributed by atoms with Crippen LogP contribution in [0.5, 0.6) is 5.75 Å². The maximum atomic E-state index is 12.4. The molecule has 0 saturated carbocycles. The van der Waals surface area contributed by atoms with Gasteiger partial charge < -0.3 is 19.6 Å². The number of nitrogens with one attached hydrogen (secondary N) is 1. The van der Waals surface area contributed by atoms with Crippen LogP contribution in [0.4, 0.5) is 0 Å². The summed E-state index contributed by atoms with van der Waals surface area (Å²) in [7, 11) is 1.55. The molecule has 3 aromatic rings. The van der Waals surface area contributed by atoms with Crippen molar-refractivity contribution in [2.45, 2.75) is 25.9 Å². The first-order chi connectivity index (χ1) is 12.5. The molecule has 3 rings (SSSR count). The second kappa shape index (κ2) is 7.62. The number of amides is 1. The highest BCUT2D eigenvalue weighted by Gasteiger charge is 2.15. The zero-order chi connectivity index (χ0) is 18.7. The minimum absolute atomic E-state index is 0.123. The third kappa shape index (κ3) is 3.73. The van der Waals surface area contributed by atoms with Gasteiger partial charge in [0.15, 0.2) is 0 Å². The monoisotopic (exact) mass is 353 g/mol. The first kappa shape index (κ1) is 18.0. The summed E-state index contributed by atoms with van der Waals surface area (Å²) in [4.78, 5) is 12.4. The zero-order valence-corrected chi connectivity index (χ0v) is 15.2. The quantitative estimate of drug-likeness (QED) is 0.702. The van der Waals surface area contributed by atoms with Gasteiger partial charge in [0.05, 0.1) is 24.9 Å². The van der Waals surface area contributed by atoms with Crippen LogP contribution in [0.1, 0.15) is 47.4 Å². The van der Waals surface area contributed by atoms with E-state index in [0.717, 1.165) is 10.9 Å². The Kier molecular flexibility index (Phi) is 5.28. The number of aliphatic hydroxyl groups excluding tert-OH is 1. The Morgan fingerprint density at radius 2 is 1.85 bits per heavy atom. The third-order valence-corrected chi connectivity index (χ3v) is 4.46. The molecule has 0 aliphatic heterocycles. The molecule has 0 fully saturated rings. The number of fused-ring (bicyclic) bond motifs is 1. The Labute approximate surface area is 152 Å². The molecule has 1 heterocycles. The van der Waals surface area contributed by atoms with E-state index in [4.69, 9.17) is 9.15 Å². The summed E-state index contributed by atoms with van der Waals surface area (Å²) in [6, 6.07) is 12.9. The number of ether oxygens (including phenoxy) is 1. The zero-order valence-electron chi connectivity index (χ0n) is 15.2. The summed E-state index contributed by atoms with van der Waals surface area (Å²) in [5, 5.41) is 13.9. The van der Waals surface area contributed by atoms with Crippen LogP contribution in [0.2, 0.25) is 0 Å². The number of carbonyl (C=O) groups excluding carboxylic acids is 1. The fourth-order valence-corrected chi connectivity index (χ4v) is 2.85. The van der Waals surface area contributed by atoms with Crippen LogP contribution in [0.15, 0.2) is 53.1 Å². The van der Waals surface area contributed by atoms with Gasteiger partial charge >= 0.3 is 0 Å². The van der Waals surface area contributed by atoms with Crippen molar-refractivity contribution in [2.75, 3.05) is 13.7 Å². The summed E-state index contributed by atoms with van der Waals surface area (Å²) in [6.07, 6.45) is 0.786. The summed E-state index contributed by atoms with van der Waals surface area (Å²) in [5.41, 5.74) is 2.99. The number of hydrogen-bond donors (Lipinski definition) is 2. The van der Waals surface area contributed by atoms with Gasteiger partial charge in [0.2, 0.25) is 0 Å². The van der Waals surface area contributed by atoms with Gasteiger partial charge in [0.25, 0.3) is 5.91 Å². The van der Waals surface area contributed by atoms with Crippen LogP contribution in [-0.4, -0.2) is 24.7 Å². The molecule has 0 aliphatic rings. The fraction of sp³-hybridized carbons (Fsp3) is 0.286. The highest BCUT2D eigenvalue weighted by atomic mass is 16.5. The van der Waals surface area contributed by atoms with Crippen molar-refractivity contribution >= 4 is 16.9 Å². The topological polar surface area (TPSA) is 71.7 Å². The normalized spacial score (nSPS) is 12.3. The molecule has 1 amide bonds. The van der Waals surface area contributed by atoms with Gasteiger partial charge in [-0.1, -0.05) is 38.1 Å². The summed E-state index contributed by atoms with van der Waals surface area (Å²) >= 11 is 0. The minimum Gasteiger partial charge on any atom is -0.496 e. The molecule has 1 aromatic heterocycles. The lowest BCUT2D eigenvalue weighted by atomic mass is 10.00. The van der Waals surface area contributed by atoms with E-state index in [9.17, 15) is 9.90 Å². The van der Waals surface area contributed by atoms with Gasteiger partial charge in [0, 0.05) is 12.1 Å². The molecule has 2 N–H and O–H groups in total. The lowest BCUT2D eigenvalue weighted by molar-refractivity contribution is 0.0916. The van der Waals surface area contributed by atoms with E-state index in [0.29, 0.717) is 22.8 Å². The average molecular weight is 353 g/mol. The molecular formula is C21H23NO4. The molecule has 0 bridgehead atoms. The van der Waals surface area contributed by atoms with Gasteiger partial charge in [-0.25, -0.2) is 0 Å². The van der Waals surface area contributed by atoms with Crippen molar-refractivity contribution < 1.29 is 19.1 Å². The smallest absolute Gasteiger partial charge is 0.251 e. The Bertz CT molecular complexity index is 896. The van der Waals surface area contributed by atoms with Crippen LogP contribution in [0, 0.1) is 0 Å². The predicted octanol–water partition coefficient (Wildman–Crippen LogP) is 4.03. The maximum Gasteiger partial charge on any atom is 0.251 e. The number of aliphatic hydroxyl groups is 1. The van der Waals surface area contributed by atoms with E-state index in [1.807, 2.05) is 24.3 Å². The molecule has 0 radical (unpaired) electrons. The van der Waals surface area contributed by atoms with Crippen molar-refractivity contribution in [3.63, 3.8) is 0 Å². The van der Waals surface area contributed by atoms with E-state index in [2.05, 4.69) is 19.2 Å². The second-order valence-corrected chi connectivity index (χ2v) is 6.56. The van der Waals surface area contributed by atoms with Crippen molar-refractivity contribution in [3.05, 3.63) is 65.4 Å². The largest absolute Gasteiger partial charge is 0.496 e. The van der Waals surface area contributed by atoms with Crippen LogP contribution < -0.4 is 10.1 Å². The molecule has 5 nitrogen and oxygen atoms in total. The lowest BCUT2D eigenvalue weighted by Crippen LogP contribution is -2.28. The molecule has 5 heteroatoms. The van der Waals surface area contributed by atoms with Crippen molar-refractivity contribution in [1.82, 2.24) is 5.32 Å². The van der Waals surface area contributed by atoms with Gasteiger partial charge in [-0.3, -0.25) is 4.79 Å². The molecular weight excluding hydrogens is 330 g/mol. The highest BCUT2D eigenvalue weighted by molar-refractivity contribution is 5.99. The van der Waals surface area contributed by atoms with E-state index in [1.165, 1.54) is 5.56 Å². The van der Waals surface area contributed by atoms with Crippen molar-refractivity contribution in [2.24, 2.45) is 0 Å². The Morgan fingerprint density at radius 3 is 2.50 bits per heavy atom. The van der Waals surface area contributed by atoms with Gasteiger partial charge in [-0.15, -0.1) is 0 Å². The number of carbonyl (C=O) groups is 1.